The summed E-state index contributed by atoms with van der Waals surface area (Å²) in [6.07, 6.45) is 9.24. The summed E-state index contributed by atoms with van der Waals surface area (Å²) in [5, 5.41) is 19.0. The van der Waals surface area contributed by atoms with Crippen molar-refractivity contribution in [2.75, 3.05) is 0 Å². The minimum Gasteiger partial charge on any atom is -0.481 e. The summed E-state index contributed by atoms with van der Waals surface area (Å²) in [6, 6.07) is 15.5. The van der Waals surface area contributed by atoms with E-state index in [-0.39, 0.29) is 35.4 Å². The first-order chi connectivity index (χ1) is 23.5. The first-order valence-corrected chi connectivity index (χ1v) is 16.5. The number of carboxylic acid groups (broad SMARTS) is 1. The number of imidazole rings is 1. The SMILES string of the molecule is CC1(C)CCCCC(C)(c2cccc(CCC(=O)O)c2)c2cnc([nH]2)-c2cc(ccc2F)Oc2c(F)cc3[nH]ccc3c2Cn2cc1nn2. The lowest BCUT2D eigenvalue weighted by Gasteiger charge is -2.30. The van der Waals surface area contributed by atoms with Gasteiger partial charge in [0.25, 0.3) is 0 Å². The molecule has 0 amide bonds. The Morgan fingerprint density at radius 2 is 1.88 bits per heavy atom. The second-order valence-electron chi connectivity index (χ2n) is 13.8. The molecular formula is C38H38F2N6O3. The normalized spacial score (nSPS) is 17.8. The predicted octanol–water partition coefficient (Wildman–Crippen LogP) is 8.44. The van der Waals surface area contributed by atoms with Gasteiger partial charge in [0.2, 0.25) is 0 Å². The molecule has 0 radical (unpaired) electrons. The average Bonchev–Trinajstić information content (AvgIpc) is 3.86. The fraction of sp³-hybridized carbons (Fsp3) is 0.316. The van der Waals surface area contributed by atoms with Gasteiger partial charge in [0.15, 0.2) is 11.6 Å². The third-order valence-corrected chi connectivity index (χ3v) is 9.92. The number of hydrogen-bond donors (Lipinski definition) is 3. The number of fused-ring (bicyclic) bond motifs is 10. The number of H-pyrrole nitrogens is 2. The standard InChI is InChI=1S/C38H38F2N6O3/c1-37(2)14-4-5-15-38(3,24-8-6-7-23(17-24)9-12-34(47)48)32-20-42-36(43-32)27-18-25(10-11-29(27)39)49-35-28(21-46-22-33(37)44-45-46)26-13-16-41-31(26)19-30(35)40/h6-8,10-11,13,16-20,22,41H,4-5,9,12,14-15,21H2,1-3H3,(H,42,43)(H,47,48). The van der Waals surface area contributed by atoms with Crippen molar-refractivity contribution in [2.24, 2.45) is 0 Å². The summed E-state index contributed by atoms with van der Waals surface area (Å²) in [4.78, 5) is 22.4. The number of nitrogens with one attached hydrogen (secondary N) is 2. The quantitative estimate of drug-likeness (QED) is 0.174. The maximum atomic E-state index is 15.8. The minimum absolute atomic E-state index is 0.0226. The molecule has 49 heavy (non-hydrogen) atoms. The Morgan fingerprint density at radius 1 is 1.04 bits per heavy atom. The molecule has 4 heterocycles. The lowest BCUT2D eigenvalue weighted by molar-refractivity contribution is -0.136. The number of carbonyl (C=O) groups is 1. The molecule has 0 spiro atoms. The van der Waals surface area contributed by atoms with Crippen LogP contribution in [0.2, 0.25) is 0 Å². The van der Waals surface area contributed by atoms with Crippen LogP contribution in [-0.4, -0.2) is 41.0 Å². The van der Waals surface area contributed by atoms with Crippen molar-refractivity contribution in [1.82, 2.24) is 29.9 Å². The Morgan fingerprint density at radius 3 is 2.71 bits per heavy atom. The molecule has 1 unspecified atom stereocenters. The molecule has 1 aliphatic rings. The van der Waals surface area contributed by atoms with E-state index in [1.807, 2.05) is 30.5 Å². The van der Waals surface area contributed by atoms with Gasteiger partial charge >= 0.3 is 5.97 Å². The highest BCUT2D eigenvalue weighted by Gasteiger charge is 2.33. The van der Waals surface area contributed by atoms with Gasteiger partial charge in [-0.2, -0.15) is 0 Å². The number of aromatic nitrogens is 6. The van der Waals surface area contributed by atoms with Crippen molar-refractivity contribution < 1.29 is 23.4 Å². The number of aryl methyl sites for hydroxylation is 1. The number of ether oxygens (including phenoxy) is 1. The number of nitrogens with zero attached hydrogens (tertiary/aromatic N) is 4. The highest BCUT2D eigenvalue weighted by molar-refractivity contribution is 5.85. The van der Waals surface area contributed by atoms with Crippen molar-refractivity contribution >= 4 is 16.9 Å². The van der Waals surface area contributed by atoms with Crippen LogP contribution in [0.25, 0.3) is 22.3 Å². The first kappa shape index (κ1) is 32.2. The molecule has 6 bridgehead atoms. The number of benzene rings is 3. The number of halogens is 2. The molecule has 9 nitrogen and oxygen atoms in total. The molecule has 1 atom stereocenters. The zero-order chi connectivity index (χ0) is 34.3. The number of hydrogen-bond acceptors (Lipinski definition) is 5. The lowest BCUT2D eigenvalue weighted by atomic mass is 9.74. The maximum absolute atomic E-state index is 15.8. The maximum Gasteiger partial charge on any atom is 0.303 e. The van der Waals surface area contributed by atoms with E-state index in [9.17, 15) is 9.90 Å². The van der Waals surface area contributed by atoms with E-state index in [4.69, 9.17) is 4.74 Å². The minimum atomic E-state index is -0.846. The first-order valence-electron chi connectivity index (χ1n) is 16.5. The van der Waals surface area contributed by atoms with Gasteiger partial charge in [-0.25, -0.2) is 18.4 Å². The second kappa shape index (κ2) is 12.6. The molecule has 6 aromatic rings. The van der Waals surface area contributed by atoms with E-state index in [2.05, 4.69) is 52.1 Å². The molecule has 11 heteroatoms. The van der Waals surface area contributed by atoms with Crippen LogP contribution >= 0.6 is 0 Å². The van der Waals surface area contributed by atoms with Gasteiger partial charge in [-0.1, -0.05) is 56.2 Å². The van der Waals surface area contributed by atoms with E-state index in [0.717, 1.165) is 53.6 Å². The second-order valence-corrected chi connectivity index (χ2v) is 13.8. The number of carboxylic acids is 1. The van der Waals surface area contributed by atoms with Crippen molar-refractivity contribution in [1.29, 1.82) is 0 Å². The summed E-state index contributed by atoms with van der Waals surface area (Å²) in [6.45, 7) is 6.65. The van der Waals surface area contributed by atoms with Crippen molar-refractivity contribution in [3.63, 3.8) is 0 Å². The molecule has 0 saturated carbocycles. The Hall–Kier alpha value is -5.32. The fourth-order valence-corrected chi connectivity index (χ4v) is 6.87. The van der Waals surface area contributed by atoms with E-state index >= 15 is 8.78 Å². The van der Waals surface area contributed by atoms with Gasteiger partial charge < -0.3 is 19.8 Å². The zero-order valence-electron chi connectivity index (χ0n) is 27.7. The molecule has 3 aromatic heterocycles. The zero-order valence-corrected chi connectivity index (χ0v) is 27.7. The third kappa shape index (κ3) is 6.32. The Bertz CT molecular complexity index is 2170. The lowest BCUT2D eigenvalue weighted by Crippen LogP contribution is -2.25. The average molecular weight is 665 g/mol. The van der Waals surface area contributed by atoms with Crippen LogP contribution in [-0.2, 0) is 28.6 Å². The third-order valence-electron chi connectivity index (χ3n) is 9.92. The molecule has 3 N–H and O–H groups in total. The van der Waals surface area contributed by atoms with E-state index in [1.165, 1.54) is 24.3 Å². The summed E-state index contributed by atoms with van der Waals surface area (Å²) in [5.74, 6) is -1.32. The predicted molar refractivity (Wildman–Crippen MR) is 182 cm³/mol. The summed E-state index contributed by atoms with van der Waals surface area (Å²) < 4.78 is 39.2. The van der Waals surface area contributed by atoms with Crippen molar-refractivity contribution in [3.05, 3.63) is 113 Å². The smallest absolute Gasteiger partial charge is 0.303 e. The topological polar surface area (TPSA) is 122 Å². The fourth-order valence-electron chi connectivity index (χ4n) is 6.87. The monoisotopic (exact) mass is 664 g/mol. The molecule has 0 aliphatic carbocycles. The Balaban J connectivity index is 1.34. The van der Waals surface area contributed by atoms with Crippen LogP contribution in [0.5, 0.6) is 11.5 Å². The molecule has 0 fully saturated rings. The number of rotatable bonds is 4. The molecule has 0 saturated heterocycles. The molecular weight excluding hydrogens is 626 g/mol. The van der Waals surface area contributed by atoms with E-state index in [0.29, 0.717) is 23.3 Å². The summed E-state index contributed by atoms with van der Waals surface area (Å²) in [5.41, 5.74) is 4.14. The summed E-state index contributed by atoms with van der Waals surface area (Å²) >= 11 is 0. The van der Waals surface area contributed by atoms with Crippen LogP contribution < -0.4 is 4.74 Å². The van der Waals surface area contributed by atoms with Crippen LogP contribution in [0.4, 0.5) is 8.78 Å². The van der Waals surface area contributed by atoms with Gasteiger partial charge in [0.05, 0.1) is 17.8 Å². The van der Waals surface area contributed by atoms with Crippen LogP contribution in [0.3, 0.4) is 0 Å². The number of aromatic amines is 2. The van der Waals surface area contributed by atoms with E-state index in [1.54, 1.807) is 17.1 Å². The van der Waals surface area contributed by atoms with Gasteiger partial charge in [0.1, 0.15) is 17.4 Å². The van der Waals surface area contributed by atoms with Crippen LogP contribution in [0.15, 0.2) is 73.2 Å². The van der Waals surface area contributed by atoms with Crippen molar-refractivity contribution in [2.45, 2.75) is 76.7 Å². The highest BCUT2D eigenvalue weighted by atomic mass is 19.1. The Kier molecular flexibility index (Phi) is 8.30. The number of aliphatic carboxylic acids is 1. The molecule has 1 aliphatic heterocycles. The Labute approximate surface area is 282 Å². The summed E-state index contributed by atoms with van der Waals surface area (Å²) in [7, 11) is 0. The van der Waals surface area contributed by atoms with E-state index < -0.39 is 23.0 Å². The van der Waals surface area contributed by atoms with Crippen LogP contribution in [0.1, 0.15) is 81.0 Å². The molecule has 3 aromatic carbocycles. The van der Waals surface area contributed by atoms with Crippen LogP contribution in [0, 0.1) is 11.6 Å². The van der Waals surface area contributed by atoms with Gasteiger partial charge in [-0.3, -0.25) is 4.79 Å². The molecule has 252 valence electrons. The van der Waals surface area contributed by atoms with Gasteiger partial charge in [0, 0.05) is 64.1 Å². The van der Waals surface area contributed by atoms with Gasteiger partial charge in [-0.15, -0.1) is 5.10 Å². The van der Waals surface area contributed by atoms with Crippen molar-refractivity contribution in [3.8, 4) is 22.9 Å². The molecule has 7 rings (SSSR count). The van der Waals surface area contributed by atoms with Gasteiger partial charge in [-0.05, 0) is 61.6 Å². The largest absolute Gasteiger partial charge is 0.481 e. The highest BCUT2D eigenvalue weighted by Crippen LogP contribution is 2.40.